The fourth-order valence-corrected chi connectivity index (χ4v) is 5.96. The smallest absolute Gasteiger partial charge is 0.253 e. The number of primary amides is 1. The summed E-state index contributed by atoms with van der Waals surface area (Å²) in [6.07, 6.45) is 0.391. The Bertz CT molecular complexity index is 1230. The van der Waals surface area contributed by atoms with E-state index in [-0.39, 0.29) is 35.3 Å². The molecule has 1 saturated heterocycles. The molecule has 10 nitrogen and oxygen atoms in total. The van der Waals surface area contributed by atoms with E-state index >= 15 is 0 Å². The van der Waals surface area contributed by atoms with Crippen molar-refractivity contribution in [2.75, 3.05) is 14.1 Å². The predicted octanol–water partition coefficient (Wildman–Crippen LogP) is -0.00692. The molecule has 1 spiro atoms. The van der Waals surface area contributed by atoms with Gasteiger partial charge in [0.25, 0.3) is 5.91 Å². The van der Waals surface area contributed by atoms with Gasteiger partial charge in [0, 0.05) is 11.5 Å². The fourth-order valence-electron chi connectivity index (χ4n) is 5.96. The summed E-state index contributed by atoms with van der Waals surface area (Å²) in [5, 5.41) is 52.8. The number of carbonyl (C=O) groups is 2. The molecule has 1 amide bonds. The van der Waals surface area contributed by atoms with Crippen molar-refractivity contribution >= 4 is 17.4 Å². The number of aromatic hydroxyl groups is 1. The lowest BCUT2D eigenvalue weighted by molar-refractivity contribution is -0.127. The molecule has 1 heterocycles. The molecule has 0 aromatic heterocycles. The zero-order valence-electron chi connectivity index (χ0n) is 17.3. The van der Waals surface area contributed by atoms with Crippen LogP contribution < -0.4 is 5.73 Å². The Morgan fingerprint density at radius 3 is 2.59 bits per heavy atom. The number of hydrogen-bond acceptors (Lipinski definition) is 9. The largest absolute Gasteiger partial charge is 0.510 e. The van der Waals surface area contributed by atoms with Gasteiger partial charge in [0.05, 0.1) is 23.2 Å². The van der Waals surface area contributed by atoms with Gasteiger partial charge in [-0.2, -0.15) is 5.26 Å². The standard InChI is InChI=1S/C22H21N3O7/c1-25(2)16-11-6-9-5-10-8(7-23)3-4-12(26)14(10)17(27)13(9)19(29)21(11)22(31,32-21)15(18(16)28)20(24)30/h3-4,9,11,16,26-28,31H,5-6H2,1-2H3,(H2,24,30)/t9-,11-,16-,21-,22?/m0/s1. The van der Waals surface area contributed by atoms with Gasteiger partial charge < -0.3 is 30.9 Å². The number of aliphatic hydroxyl groups excluding tert-OH is 2. The number of nitriles is 1. The van der Waals surface area contributed by atoms with E-state index in [1.165, 1.54) is 12.1 Å². The maximum absolute atomic E-state index is 13.8. The number of benzene rings is 1. The van der Waals surface area contributed by atoms with Crippen LogP contribution in [0.25, 0.3) is 5.76 Å². The van der Waals surface area contributed by atoms with Gasteiger partial charge in [-0.05, 0) is 50.6 Å². The third kappa shape index (κ3) is 2.13. The summed E-state index contributed by atoms with van der Waals surface area (Å²) in [5.74, 6) is -6.81. The zero-order valence-corrected chi connectivity index (χ0v) is 17.3. The monoisotopic (exact) mass is 439 g/mol. The minimum absolute atomic E-state index is 0.00354. The predicted molar refractivity (Wildman–Crippen MR) is 108 cm³/mol. The van der Waals surface area contributed by atoms with Crippen LogP contribution in [0.4, 0.5) is 0 Å². The molecule has 3 aliphatic carbocycles. The van der Waals surface area contributed by atoms with Gasteiger partial charge in [0.1, 0.15) is 22.8 Å². The summed E-state index contributed by atoms with van der Waals surface area (Å²) in [6.45, 7) is 0. The minimum atomic E-state index is -2.41. The summed E-state index contributed by atoms with van der Waals surface area (Å²) in [4.78, 5) is 27.5. The molecule has 32 heavy (non-hydrogen) atoms. The number of phenolic OH excluding ortho intramolecular Hbond substituents is 1. The molecule has 2 fully saturated rings. The third-order valence-corrected chi connectivity index (χ3v) is 7.23. The number of fused-ring (bicyclic) bond motifs is 2. The number of epoxide rings is 1. The number of ketones is 1. The molecule has 1 unspecified atom stereocenters. The quantitative estimate of drug-likeness (QED) is 0.396. The summed E-state index contributed by atoms with van der Waals surface area (Å²) in [7, 11) is 3.30. The Morgan fingerprint density at radius 1 is 1.31 bits per heavy atom. The van der Waals surface area contributed by atoms with E-state index in [0.717, 1.165) is 0 Å². The number of carbonyl (C=O) groups excluding carboxylic acids is 2. The first kappa shape index (κ1) is 20.5. The lowest BCUT2D eigenvalue weighted by Gasteiger charge is -2.45. The van der Waals surface area contributed by atoms with E-state index in [9.17, 15) is 35.3 Å². The number of nitrogens with zero attached hydrogens (tertiary/aromatic N) is 2. The number of hydrogen-bond donors (Lipinski definition) is 5. The van der Waals surface area contributed by atoms with Gasteiger partial charge in [0.2, 0.25) is 11.6 Å². The Balaban J connectivity index is 1.74. The molecule has 4 aliphatic rings. The van der Waals surface area contributed by atoms with Crippen molar-refractivity contribution in [2.45, 2.75) is 30.3 Å². The normalized spacial score (nSPS) is 35.0. The molecule has 1 aliphatic heterocycles. The molecular weight excluding hydrogens is 418 g/mol. The second-order valence-corrected chi connectivity index (χ2v) is 8.95. The second-order valence-electron chi connectivity index (χ2n) is 8.95. The van der Waals surface area contributed by atoms with Crippen LogP contribution in [0.2, 0.25) is 0 Å². The molecular formula is C22H21N3O7. The zero-order chi connectivity index (χ0) is 23.3. The number of aliphatic hydroxyl groups is 3. The summed E-state index contributed by atoms with van der Waals surface area (Å²) >= 11 is 0. The van der Waals surface area contributed by atoms with Crippen molar-refractivity contribution in [1.29, 1.82) is 5.26 Å². The van der Waals surface area contributed by atoms with E-state index in [1.807, 2.05) is 6.07 Å². The SMILES string of the molecule is CN(C)[C@@H]1C(O)=C(C(N)=O)C2(O)O[C@@]23C(=O)C2=C(O)c4c(O)ccc(C#N)c4C[C@H]2C[C@@H]13. The Labute approximate surface area is 182 Å². The summed E-state index contributed by atoms with van der Waals surface area (Å²) in [6, 6.07) is 3.89. The Morgan fingerprint density at radius 2 is 2.00 bits per heavy atom. The maximum Gasteiger partial charge on any atom is 0.253 e. The molecule has 1 saturated carbocycles. The van der Waals surface area contributed by atoms with E-state index in [1.54, 1.807) is 19.0 Å². The molecule has 5 rings (SSSR count). The number of likely N-dealkylation sites (N-methyl/N-ethyl adjacent to an activating group) is 1. The van der Waals surface area contributed by atoms with Crippen LogP contribution in [-0.4, -0.2) is 68.5 Å². The molecule has 0 bridgehead atoms. The highest BCUT2D eigenvalue weighted by atomic mass is 16.8. The average molecular weight is 439 g/mol. The lowest BCUT2D eigenvalue weighted by Crippen LogP contribution is -2.60. The number of phenols is 1. The third-order valence-electron chi connectivity index (χ3n) is 7.23. The number of amides is 1. The highest BCUT2D eigenvalue weighted by Crippen LogP contribution is 2.67. The van der Waals surface area contributed by atoms with Crippen molar-refractivity contribution in [2.24, 2.45) is 17.6 Å². The number of Topliss-reactive ketones (excluding diaryl/α,β-unsaturated/α-hetero) is 1. The van der Waals surface area contributed by atoms with Crippen LogP contribution in [0.1, 0.15) is 23.1 Å². The van der Waals surface area contributed by atoms with E-state index in [4.69, 9.17) is 10.5 Å². The van der Waals surface area contributed by atoms with E-state index < -0.39 is 58.0 Å². The van der Waals surface area contributed by atoms with Crippen LogP contribution in [0.15, 0.2) is 29.0 Å². The van der Waals surface area contributed by atoms with Gasteiger partial charge in [0.15, 0.2) is 5.60 Å². The van der Waals surface area contributed by atoms with Crippen molar-refractivity contribution in [3.8, 4) is 11.8 Å². The van der Waals surface area contributed by atoms with Crippen LogP contribution >= 0.6 is 0 Å². The first-order valence-corrected chi connectivity index (χ1v) is 10.1. The minimum Gasteiger partial charge on any atom is -0.510 e. The number of ether oxygens (including phenoxy) is 1. The van der Waals surface area contributed by atoms with Gasteiger partial charge in [-0.25, -0.2) is 0 Å². The Hall–Kier alpha value is -3.39. The van der Waals surface area contributed by atoms with Crippen molar-refractivity contribution in [3.05, 3.63) is 45.7 Å². The summed E-state index contributed by atoms with van der Waals surface area (Å²) < 4.78 is 5.55. The van der Waals surface area contributed by atoms with Crippen molar-refractivity contribution in [1.82, 2.24) is 4.90 Å². The van der Waals surface area contributed by atoms with Gasteiger partial charge >= 0.3 is 0 Å². The molecule has 10 heteroatoms. The first-order valence-electron chi connectivity index (χ1n) is 10.1. The molecule has 6 N–H and O–H groups in total. The van der Waals surface area contributed by atoms with Crippen molar-refractivity contribution in [3.63, 3.8) is 0 Å². The van der Waals surface area contributed by atoms with E-state index in [0.29, 0.717) is 5.56 Å². The number of nitrogens with two attached hydrogens (primary N) is 1. The number of rotatable bonds is 2. The van der Waals surface area contributed by atoms with Crippen LogP contribution in [0.5, 0.6) is 5.75 Å². The highest BCUT2D eigenvalue weighted by Gasteiger charge is 2.85. The van der Waals surface area contributed by atoms with Crippen LogP contribution in [-0.2, 0) is 20.7 Å². The maximum atomic E-state index is 13.8. The van der Waals surface area contributed by atoms with Crippen LogP contribution in [0.3, 0.4) is 0 Å². The van der Waals surface area contributed by atoms with Gasteiger partial charge in [-0.3, -0.25) is 14.5 Å². The molecule has 0 radical (unpaired) electrons. The first-order chi connectivity index (χ1) is 15.0. The molecule has 1 aromatic carbocycles. The summed E-state index contributed by atoms with van der Waals surface area (Å²) in [5.41, 5.74) is 3.56. The Kier molecular flexibility index (Phi) is 3.91. The lowest BCUT2D eigenvalue weighted by atomic mass is 9.58. The van der Waals surface area contributed by atoms with Crippen molar-refractivity contribution < 1.29 is 34.8 Å². The topological polar surface area (TPSA) is 181 Å². The van der Waals surface area contributed by atoms with E-state index in [2.05, 4.69) is 0 Å². The highest BCUT2D eigenvalue weighted by molar-refractivity contribution is 6.14. The fraction of sp³-hybridized carbons (Fsp3) is 0.409. The molecule has 1 aromatic rings. The second kappa shape index (κ2) is 6.10. The van der Waals surface area contributed by atoms with Gasteiger partial charge in [-0.1, -0.05) is 0 Å². The molecule has 5 atom stereocenters. The van der Waals surface area contributed by atoms with Crippen LogP contribution in [0, 0.1) is 23.2 Å². The van der Waals surface area contributed by atoms with Gasteiger partial charge in [-0.15, -0.1) is 0 Å². The molecule has 166 valence electrons. The average Bonchev–Trinajstić information content (AvgIpc) is 3.33.